The van der Waals surface area contributed by atoms with E-state index in [9.17, 15) is 9.59 Å². The van der Waals surface area contributed by atoms with E-state index in [1.165, 1.54) is 45.5 Å². The fraction of sp³-hybridized carbons (Fsp3) is 0.500. The molecular formula is C24H30N4O3S3. The highest BCUT2D eigenvalue weighted by molar-refractivity contribution is 7.99. The Bertz CT molecular complexity index is 1210. The second-order valence-electron chi connectivity index (χ2n) is 8.67. The molecular weight excluding hydrogens is 488 g/mol. The van der Waals surface area contributed by atoms with E-state index in [1.54, 1.807) is 11.3 Å². The third-order valence-electron chi connectivity index (χ3n) is 6.18. The lowest BCUT2D eigenvalue weighted by Crippen LogP contribution is -2.17. The number of thioether (sulfide) groups is 1. The number of aryl methyl sites for hydroxylation is 1. The van der Waals surface area contributed by atoms with Crippen LogP contribution in [0, 0.1) is 19.8 Å². The highest BCUT2D eigenvalue weighted by atomic mass is 32.2. The summed E-state index contributed by atoms with van der Waals surface area (Å²) in [6.07, 6.45) is 3.75. The van der Waals surface area contributed by atoms with Gasteiger partial charge in [0.2, 0.25) is 5.91 Å². The van der Waals surface area contributed by atoms with Gasteiger partial charge in [-0.05, 0) is 56.6 Å². The van der Waals surface area contributed by atoms with E-state index in [4.69, 9.17) is 4.74 Å². The maximum atomic E-state index is 12.9. The lowest BCUT2D eigenvalue weighted by molar-refractivity contribution is -0.113. The van der Waals surface area contributed by atoms with Gasteiger partial charge in [-0.3, -0.25) is 4.79 Å². The number of methoxy groups -OCH3 is 1. The molecule has 4 rings (SSSR count). The van der Waals surface area contributed by atoms with E-state index in [2.05, 4.69) is 53.2 Å². The summed E-state index contributed by atoms with van der Waals surface area (Å²) in [7, 11) is 1.38. The fourth-order valence-corrected chi connectivity index (χ4v) is 7.25. The molecule has 1 aliphatic rings. The number of rotatable bonds is 8. The number of carbonyl (C=O) groups excluding carboxylic acids is 2. The molecule has 3 aromatic heterocycles. The van der Waals surface area contributed by atoms with Gasteiger partial charge in [0.25, 0.3) is 0 Å². The molecule has 0 saturated heterocycles. The van der Waals surface area contributed by atoms with Crippen LogP contribution < -0.4 is 5.32 Å². The van der Waals surface area contributed by atoms with Crippen molar-refractivity contribution in [1.29, 1.82) is 0 Å². The van der Waals surface area contributed by atoms with Crippen molar-refractivity contribution in [2.75, 3.05) is 18.2 Å². The van der Waals surface area contributed by atoms with Crippen LogP contribution in [0.1, 0.15) is 57.9 Å². The molecule has 0 radical (unpaired) electrons. The molecule has 3 aromatic rings. The van der Waals surface area contributed by atoms with Crippen LogP contribution in [0.3, 0.4) is 0 Å². The number of ether oxygens (including phenoxy) is 1. The normalized spacial score (nSPS) is 15.3. The van der Waals surface area contributed by atoms with Gasteiger partial charge in [0.05, 0.1) is 18.4 Å². The number of hydrogen-bond acceptors (Lipinski definition) is 8. The predicted octanol–water partition coefficient (Wildman–Crippen LogP) is 5.74. The Morgan fingerprint density at radius 3 is 2.79 bits per heavy atom. The zero-order valence-corrected chi connectivity index (χ0v) is 22.6. The van der Waals surface area contributed by atoms with Crippen molar-refractivity contribution < 1.29 is 14.3 Å². The van der Waals surface area contributed by atoms with E-state index < -0.39 is 0 Å². The standard InChI is InChI=1S/C24H30N4O3S3/c1-6-9-28-21(17-11-32-15(4)14(17)3)26-27-24(28)33-12-19(29)25-22-20(23(30)31-5)16-8-7-13(2)10-18(16)34-22/h11,13H,6-10,12H2,1-5H3,(H,25,29). The number of aromatic nitrogens is 3. The number of esters is 1. The molecule has 3 heterocycles. The van der Waals surface area contributed by atoms with E-state index >= 15 is 0 Å². The summed E-state index contributed by atoms with van der Waals surface area (Å²) in [6, 6.07) is 0. The summed E-state index contributed by atoms with van der Waals surface area (Å²) in [4.78, 5) is 27.8. The zero-order chi connectivity index (χ0) is 24.4. The van der Waals surface area contributed by atoms with Gasteiger partial charge < -0.3 is 14.6 Å². The number of fused-ring (bicyclic) bond motifs is 1. The van der Waals surface area contributed by atoms with Crippen LogP contribution in [0.25, 0.3) is 11.4 Å². The molecule has 1 unspecified atom stereocenters. The molecule has 0 fully saturated rings. The van der Waals surface area contributed by atoms with Crippen LogP contribution in [-0.4, -0.2) is 39.5 Å². The molecule has 34 heavy (non-hydrogen) atoms. The van der Waals surface area contributed by atoms with Gasteiger partial charge in [0.15, 0.2) is 11.0 Å². The van der Waals surface area contributed by atoms with Crippen LogP contribution in [0.2, 0.25) is 0 Å². The van der Waals surface area contributed by atoms with Gasteiger partial charge in [-0.15, -0.1) is 32.9 Å². The van der Waals surface area contributed by atoms with Crippen molar-refractivity contribution in [1.82, 2.24) is 14.8 Å². The minimum absolute atomic E-state index is 0.169. The molecule has 1 atom stereocenters. The Kier molecular flexibility index (Phi) is 7.79. The molecule has 7 nitrogen and oxygen atoms in total. The molecule has 1 amide bonds. The number of thiophene rings is 2. The number of anilines is 1. The highest BCUT2D eigenvalue weighted by Gasteiger charge is 2.29. The SMILES string of the molecule is CCCn1c(SCC(=O)Nc2sc3c(c2C(=O)OC)CCC(C)C3)nnc1-c1csc(C)c1C. The predicted molar refractivity (Wildman–Crippen MR) is 139 cm³/mol. The molecule has 0 bridgehead atoms. The highest BCUT2D eigenvalue weighted by Crippen LogP contribution is 2.40. The second-order valence-corrected chi connectivity index (χ2v) is 11.8. The van der Waals surface area contributed by atoms with E-state index in [0.29, 0.717) is 16.5 Å². The summed E-state index contributed by atoms with van der Waals surface area (Å²) >= 11 is 4.58. The van der Waals surface area contributed by atoms with E-state index in [-0.39, 0.29) is 17.6 Å². The first-order valence-corrected chi connectivity index (χ1v) is 14.2. The first-order valence-electron chi connectivity index (χ1n) is 11.5. The summed E-state index contributed by atoms with van der Waals surface area (Å²) in [5.74, 6) is 1.05. The zero-order valence-electron chi connectivity index (χ0n) is 20.2. The van der Waals surface area contributed by atoms with Crippen molar-refractivity contribution in [2.45, 2.75) is 65.1 Å². The first-order chi connectivity index (χ1) is 16.3. The summed E-state index contributed by atoms with van der Waals surface area (Å²) in [5.41, 5.74) is 3.87. The van der Waals surface area contributed by atoms with E-state index in [1.807, 2.05) is 0 Å². The fourth-order valence-electron chi connectivity index (χ4n) is 4.20. The smallest absolute Gasteiger partial charge is 0.341 e. The second kappa shape index (κ2) is 10.6. The van der Waals surface area contributed by atoms with Gasteiger partial charge in [0.1, 0.15) is 5.00 Å². The summed E-state index contributed by atoms with van der Waals surface area (Å²) in [6.45, 7) is 9.32. The molecule has 0 aromatic carbocycles. The van der Waals surface area contributed by atoms with Crippen molar-refractivity contribution in [3.8, 4) is 11.4 Å². The lowest BCUT2D eigenvalue weighted by Gasteiger charge is -2.18. The Morgan fingerprint density at radius 1 is 1.32 bits per heavy atom. The van der Waals surface area contributed by atoms with Gasteiger partial charge in [-0.1, -0.05) is 25.6 Å². The molecule has 0 spiro atoms. The maximum absolute atomic E-state index is 12.9. The van der Waals surface area contributed by atoms with Crippen molar-refractivity contribution in [2.24, 2.45) is 5.92 Å². The monoisotopic (exact) mass is 518 g/mol. The molecule has 182 valence electrons. The number of hydrogen-bond donors (Lipinski definition) is 1. The molecule has 1 aliphatic carbocycles. The van der Waals surface area contributed by atoms with E-state index in [0.717, 1.165) is 54.3 Å². The van der Waals surface area contributed by atoms with Gasteiger partial charge in [-0.2, -0.15) is 0 Å². The van der Waals surface area contributed by atoms with Crippen molar-refractivity contribution in [3.63, 3.8) is 0 Å². The topological polar surface area (TPSA) is 86.1 Å². The number of carbonyl (C=O) groups is 2. The van der Waals surface area contributed by atoms with Crippen LogP contribution in [0.5, 0.6) is 0 Å². The van der Waals surface area contributed by atoms with Crippen LogP contribution >= 0.6 is 34.4 Å². The van der Waals surface area contributed by atoms with Gasteiger partial charge >= 0.3 is 5.97 Å². The quantitative estimate of drug-likeness (QED) is 0.302. The first kappa shape index (κ1) is 24.9. The maximum Gasteiger partial charge on any atom is 0.341 e. The Labute approximate surface area is 212 Å². The Hall–Kier alpha value is -2.17. The Balaban J connectivity index is 1.51. The average molecular weight is 519 g/mol. The lowest BCUT2D eigenvalue weighted by atomic mass is 9.88. The van der Waals surface area contributed by atoms with Crippen LogP contribution in [0.4, 0.5) is 5.00 Å². The summed E-state index contributed by atoms with van der Waals surface area (Å²) < 4.78 is 7.12. The minimum Gasteiger partial charge on any atom is -0.465 e. The molecule has 0 saturated carbocycles. The summed E-state index contributed by atoms with van der Waals surface area (Å²) in [5, 5.41) is 15.3. The number of nitrogens with one attached hydrogen (secondary N) is 1. The Morgan fingerprint density at radius 2 is 2.12 bits per heavy atom. The third-order valence-corrected chi connectivity index (χ3v) is 9.33. The van der Waals surface area contributed by atoms with Gasteiger partial charge in [0, 0.05) is 27.2 Å². The molecule has 0 aliphatic heterocycles. The number of amides is 1. The third kappa shape index (κ3) is 4.94. The minimum atomic E-state index is -0.385. The largest absolute Gasteiger partial charge is 0.465 e. The van der Waals surface area contributed by atoms with Crippen molar-refractivity contribution in [3.05, 3.63) is 31.8 Å². The molecule has 1 N–H and O–H groups in total. The molecule has 10 heteroatoms. The van der Waals surface area contributed by atoms with Gasteiger partial charge in [-0.25, -0.2) is 4.79 Å². The van der Waals surface area contributed by atoms with Crippen molar-refractivity contribution >= 4 is 51.3 Å². The number of nitrogens with zero attached hydrogens (tertiary/aromatic N) is 3. The van der Waals surface area contributed by atoms with Crippen LogP contribution in [-0.2, 0) is 28.9 Å². The average Bonchev–Trinajstić information content (AvgIpc) is 3.47. The van der Waals surface area contributed by atoms with Crippen LogP contribution in [0.15, 0.2) is 10.5 Å².